The Hall–Kier alpha value is -2.54. The van der Waals surface area contributed by atoms with Gasteiger partial charge in [-0.3, -0.25) is 9.78 Å². The van der Waals surface area contributed by atoms with Crippen molar-refractivity contribution in [3.8, 4) is 22.4 Å². The molecule has 2 aliphatic rings. The second-order valence-electron chi connectivity index (χ2n) is 9.79. The van der Waals surface area contributed by atoms with Crippen LogP contribution in [0.2, 0.25) is 0 Å². The molecule has 5 rings (SSSR count). The summed E-state index contributed by atoms with van der Waals surface area (Å²) in [5, 5.41) is 4.42. The fourth-order valence-electron chi connectivity index (χ4n) is 4.98. The Bertz CT molecular complexity index is 1180. The van der Waals surface area contributed by atoms with Crippen LogP contribution in [0.4, 0.5) is 5.00 Å². The lowest BCUT2D eigenvalue weighted by Gasteiger charge is -2.30. The standard InChI is InChI=1S/C27H31N3O2S/c1-27(2)15-21-24(26(30-9-11-32-12-10-30)33-25(21)23(31)16-27)20-7-8-29-22(14-20)19-6-4-5-18(13-19)17-28-3/h4-8,13-14,28H,9-12,15-17H2,1-3H3. The summed E-state index contributed by atoms with van der Waals surface area (Å²) in [6, 6.07) is 12.8. The number of ketones is 1. The van der Waals surface area contributed by atoms with Crippen molar-refractivity contribution in [1.82, 2.24) is 10.3 Å². The summed E-state index contributed by atoms with van der Waals surface area (Å²) in [6.45, 7) is 8.39. The summed E-state index contributed by atoms with van der Waals surface area (Å²) in [4.78, 5) is 21.2. The molecule has 1 aliphatic heterocycles. The van der Waals surface area contributed by atoms with Crippen LogP contribution in [-0.4, -0.2) is 44.1 Å². The molecule has 0 saturated carbocycles. The van der Waals surface area contributed by atoms with Gasteiger partial charge in [-0.1, -0.05) is 32.0 Å². The van der Waals surface area contributed by atoms with Crippen LogP contribution < -0.4 is 10.2 Å². The fourth-order valence-corrected chi connectivity index (χ4v) is 6.31. The van der Waals surface area contributed by atoms with Crippen LogP contribution >= 0.6 is 11.3 Å². The third-order valence-corrected chi connectivity index (χ3v) is 7.82. The average Bonchev–Trinajstić information content (AvgIpc) is 3.19. The number of nitrogens with zero attached hydrogens (tertiary/aromatic N) is 2. The highest BCUT2D eigenvalue weighted by Gasteiger charge is 2.37. The maximum absolute atomic E-state index is 13.1. The number of carbonyl (C=O) groups excluding carboxylic acids is 1. The van der Waals surface area contributed by atoms with Gasteiger partial charge in [0.25, 0.3) is 0 Å². The molecule has 3 aromatic rings. The molecule has 1 aromatic carbocycles. The summed E-state index contributed by atoms with van der Waals surface area (Å²) in [6.07, 6.45) is 3.43. The van der Waals surface area contributed by atoms with Crippen molar-refractivity contribution in [2.24, 2.45) is 5.41 Å². The molecule has 0 radical (unpaired) electrons. The fraction of sp³-hybridized carbons (Fsp3) is 0.407. The van der Waals surface area contributed by atoms with Crippen molar-refractivity contribution in [1.29, 1.82) is 0 Å². The summed E-state index contributed by atoms with van der Waals surface area (Å²) in [5.41, 5.74) is 6.84. The smallest absolute Gasteiger partial charge is 0.173 e. The number of fused-ring (bicyclic) bond motifs is 1. The molecule has 1 fully saturated rings. The van der Waals surface area contributed by atoms with E-state index in [1.165, 1.54) is 21.7 Å². The number of pyridine rings is 1. The molecule has 2 aromatic heterocycles. The zero-order valence-corrected chi connectivity index (χ0v) is 20.4. The highest BCUT2D eigenvalue weighted by molar-refractivity contribution is 7.19. The van der Waals surface area contributed by atoms with Gasteiger partial charge in [-0.05, 0) is 53.8 Å². The SMILES string of the molecule is CNCc1cccc(-c2cc(-c3c(N4CCOCC4)sc4c3CC(C)(C)CC4=O)ccn2)c1. The van der Waals surface area contributed by atoms with Crippen LogP contribution in [0.15, 0.2) is 42.6 Å². The van der Waals surface area contributed by atoms with E-state index in [0.717, 1.165) is 61.0 Å². The van der Waals surface area contributed by atoms with Gasteiger partial charge in [-0.15, -0.1) is 11.3 Å². The summed E-state index contributed by atoms with van der Waals surface area (Å²) < 4.78 is 5.61. The summed E-state index contributed by atoms with van der Waals surface area (Å²) in [7, 11) is 1.96. The monoisotopic (exact) mass is 461 g/mol. The minimum atomic E-state index is -0.0282. The van der Waals surface area contributed by atoms with E-state index in [4.69, 9.17) is 9.72 Å². The van der Waals surface area contributed by atoms with E-state index in [-0.39, 0.29) is 11.2 Å². The normalized spacial score (nSPS) is 17.8. The van der Waals surface area contributed by atoms with Gasteiger partial charge in [0.1, 0.15) is 0 Å². The number of aromatic nitrogens is 1. The number of carbonyl (C=O) groups is 1. The number of morpholine rings is 1. The summed E-state index contributed by atoms with van der Waals surface area (Å²) >= 11 is 1.68. The molecule has 1 aliphatic carbocycles. The zero-order valence-electron chi connectivity index (χ0n) is 19.6. The Morgan fingerprint density at radius 1 is 1.12 bits per heavy atom. The quantitative estimate of drug-likeness (QED) is 0.567. The molecule has 1 saturated heterocycles. The molecule has 0 spiro atoms. The zero-order chi connectivity index (χ0) is 23.0. The predicted molar refractivity (Wildman–Crippen MR) is 135 cm³/mol. The lowest BCUT2D eigenvalue weighted by molar-refractivity contribution is 0.0918. The maximum atomic E-state index is 13.1. The van der Waals surface area contributed by atoms with Gasteiger partial charge in [0, 0.05) is 43.4 Å². The van der Waals surface area contributed by atoms with Crippen LogP contribution in [0, 0.1) is 5.41 Å². The highest BCUT2D eigenvalue weighted by Crippen LogP contribution is 2.49. The number of thiophene rings is 1. The van der Waals surface area contributed by atoms with Crippen LogP contribution in [-0.2, 0) is 17.7 Å². The first kappa shape index (κ1) is 22.3. The Balaban J connectivity index is 1.64. The molecule has 172 valence electrons. The second-order valence-corrected chi connectivity index (χ2v) is 10.8. The first-order valence-corrected chi connectivity index (χ1v) is 12.5. The van der Waals surface area contributed by atoms with E-state index in [1.807, 2.05) is 13.2 Å². The Kier molecular flexibility index (Phi) is 6.08. The summed E-state index contributed by atoms with van der Waals surface area (Å²) in [5.74, 6) is 0.279. The molecule has 0 atom stereocenters. The van der Waals surface area contributed by atoms with E-state index in [9.17, 15) is 4.79 Å². The third kappa shape index (κ3) is 4.47. The lowest BCUT2D eigenvalue weighted by Crippen LogP contribution is -2.36. The van der Waals surface area contributed by atoms with E-state index >= 15 is 0 Å². The number of hydrogen-bond donors (Lipinski definition) is 1. The van der Waals surface area contributed by atoms with Crippen LogP contribution in [0.25, 0.3) is 22.4 Å². The molecule has 5 nitrogen and oxygen atoms in total. The topological polar surface area (TPSA) is 54.5 Å². The molecule has 3 heterocycles. The third-order valence-electron chi connectivity index (χ3n) is 6.49. The lowest BCUT2D eigenvalue weighted by atomic mass is 9.75. The van der Waals surface area contributed by atoms with Gasteiger partial charge in [0.2, 0.25) is 0 Å². The van der Waals surface area contributed by atoms with Gasteiger partial charge in [0.05, 0.1) is 28.8 Å². The number of nitrogens with one attached hydrogen (secondary N) is 1. The number of Topliss-reactive ketones (excluding diaryl/α,β-unsaturated/α-hetero) is 1. The molecule has 0 bridgehead atoms. The highest BCUT2D eigenvalue weighted by atomic mass is 32.1. The van der Waals surface area contributed by atoms with Crippen molar-refractivity contribution in [3.05, 3.63) is 58.6 Å². The average molecular weight is 462 g/mol. The van der Waals surface area contributed by atoms with Crippen molar-refractivity contribution < 1.29 is 9.53 Å². The largest absolute Gasteiger partial charge is 0.378 e. The Labute approximate surface area is 199 Å². The van der Waals surface area contributed by atoms with Crippen LogP contribution in [0.3, 0.4) is 0 Å². The number of hydrogen-bond acceptors (Lipinski definition) is 6. The Morgan fingerprint density at radius 3 is 2.73 bits per heavy atom. The van der Waals surface area contributed by atoms with Crippen molar-refractivity contribution >= 4 is 22.1 Å². The van der Waals surface area contributed by atoms with Gasteiger partial charge in [-0.2, -0.15) is 0 Å². The first-order chi connectivity index (χ1) is 15.9. The first-order valence-electron chi connectivity index (χ1n) is 11.7. The molecular formula is C27H31N3O2S. The van der Waals surface area contributed by atoms with E-state index in [1.54, 1.807) is 11.3 Å². The van der Waals surface area contributed by atoms with E-state index < -0.39 is 0 Å². The molecule has 1 N–H and O–H groups in total. The minimum absolute atomic E-state index is 0.0282. The molecule has 6 heteroatoms. The molecule has 33 heavy (non-hydrogen) atoms. The molecule has 0 unspecified atom stereocenters. The Morgan fingerprint density at radius 2 is 1.94 bits per heavy atom. The van der Waals surface area contributed by atoms with Gasteiger partial charge in [-0.25, -0.2) is 0 Å². The van der Waals surface area contributed by atoms with Crippen LogP contribution in [0.1, 0.15) is 41.1 Å². The number of benzene rings is 1. The van der Waals surface area contributed by atoms with E-state index in [2.05, 4.69) is 60.5 Å². The molecular weight excluding hydrogens is 430 g/mol. The van der Waals surface area contributed by atoms with E-state index in [0.29, 0.717) is 6.42 Å². The number of rotatable bonds is 5. The number of ether oxygens (including phenoxy) is 1. The van der Waals surface area contributed by atoms with Gasteiger partial charge in [0.15, 0.2) is 5.78 Å². The van der Waals surface area contributed by atoms with Gasteiger partial charge >= 0.3 is 0 Å². The van der Waals surface area contributed by atoms with Gasteiger partial charge < -0.3 is 15.0 Å². The second kappa shape index (κ2) is 9.01. The maximum Gasteiger partial charge on any atom is 0.173 e. The minimum Gasteiger partial charge on any atom is -0.378 e. The van der Waals surface area contributed by atoms with Crippen molar-refractivity contribution in [2.75, 3.05) is 38.3 Å². The van der Waals surface area contributed by atoms with Crippen molar-refractivity contribution in [3.63, 3.8) is 0 Å². The van der Waals surface area contributed by atoms with Crippen LogP contribution in [0.5, 0.6) is 0 Å². The number of anilines is 1. The predicted octanol–water partition coefficient (Wildman–Crippen LogP) is 5.19. The van der Waals surface area contributed by atoms with Crippen molar-refractivity contribution in [2.45, 2.75) is 33.2 Å². The molecule has 0 amide bonds.